The Morgan fingerprint density at radius 3 is 2.08 bits per heavy atom. The van der Waals surface area contributed by atoms with Gasteiger partial charge >= 0.3 is 0 Å². The summed E-state index contributed by atoms with van der Waals surface area (Å²) in [5.74, 6) is -0.439. The summed E-state index contributed by atoms with van der Waals surface area (Å²) in [6.45, 7) is 0. The molecule has 2 aromatic carbocycles. The van der Waals surface area contributed by atoms with Gasteiger partial charge in [-0.25, -0.2) is 23.7 Å². The van der Waals surface area contributed by atoms with Gasteiger partial charge in [-0.2, -0.15) is 0 Å². The fourth-order valence-corrected chi connectivity index (χ4v) is 2.79. The summed E-state index contributed by atoms with van der Waals surface area (Å²) in [6, 6.07) is 15.9. The zero-order valence-electron chi connectivity index (χ0n) is 13.7. The quantitative estimate of drug-likeness (QED) is 0.604. The van der Waals surface area contributed by atoms with Gasteiger partial charge in [-0.15, -0.1) is 0 Å². The maximum absolute atomic E-state index is 13.2. The molecule has 6 heteroatoms. The van der Waals surface area contributed by atoms with Crippen molar-refractivity contribution in [3.05, 3.63) is 83.6 Å². The highest BCUT2D eigenvalue weighted by molar-refractivity contribution is 5.81. The highest BCUT2D eigenvalue weighted by atomic mass is 19.1. The summed E-state index contributed by atoms with van der Waals surface area (Å²) in [5.41, 5.74) is 10.1. The van der Waals surface area contributed by atoms with E-state index in [1.54, 1.807) is 24.3 Å². The fraction of sp³-hybridized carbons (Fsp3) is 0.0500. The van der Waals surface area contributed by atoms with Gasteiger partial charge in [0.2, 0.25) is 5.95 Å². The summed E-state index contributed by atoms with van der Waals surface area (Å²) in [7, 11) is 0. The second-order valence-electron chi connectivity index (χ2n) is 5.90. The molecular formula is C20H14F2N4. The van der Waals surface area contributed by atoms with Crippen LogP contribution >= 0.6 is 0 Å². The zero-order valence-corrected chi connectivity index (χ0v) is 13.7. The molecule has 0 unspecified atom stereocenters. The van der Waals surface area contributed by atoms with E-state index in [-0.39, 0.29) is 17.6 Å². The lowest BCUT2D eigenvalue weighted by Gasteiger charge is -2.08. The number of fused-ring (bicyclic) bond motifs is 1. The monoisotopic (exact) mass is 348 g/mol. The summed E-state index contributed by atoms with van der Waals surface area (Å²) in [4.78, 5) is 13.2. The van der Waals surface area contributed by atoms with Gasteiger partial charge in [-0.3, -0.25) is 0 Å². The Hall–Kier alpha value is -3.41. The normalized spacial score (nSPS) is 11.0. The van der Waals surface area contributed by atoms with Crippen molar-refractivity contribution in [1.82, 2.24) is 15.0 Å². The van der Waals surface area contributed by atoms with Gasteiger partial charge in [0, 0.05) is 12.0 Å². The first-order valence-electron chi connectivity index (χ1n) is 8.02. The van der Waals surface area contributed by atoms with Crippen molar-refractivity contribution >= 4 is 17.0 Å². The highest BCUT2D eigenvalue weighted by Gasteiger charge is 2.11. The second kappa shape index (κ2) is 6.48. The van der Waals surface area contributed by atoms with Gasteiger partial charge in [0.15, 0.2) is 0 Å². The van der Waals surface area contributed by atoms with E-state index in [2.05, 4.69) is 15.0 Å². The molecule has 26 heavy (non-hydrogen) atoms. The number of rotatable bonds is 3. The first kappa shape index (κ1) is 16.1. The third kappa shape index (κ3) is 3.21. The van der Waals surface area contributed by atoms with E-state index < -0.39 is 0 Å². The topological polar surface area (TPSA) is 64.7 Å². The number of anilines is 1. The molecule has 2 heterocycles. The molecule has 0 fully saturated rings. The van der Waals surface area contributed by atoms with Crippen LogP contribution in [0, 0.1) is 11.6 Å². The molecular weight excluding hydrogens is 334 g/mol. The second-order valence-corrected chi connectivity index (χ2v) is 5.90. The molecule has 0 aliphatic rings. The number of halogens is 2. The number of benzene rings is 2. The molecule has 0 atom stereocenters. The third-order valence-electron chi connectivity index (χ3n) is 4.06. The van der Waals surface area contributed by atoms with Gasteiger partial charge in [0.1, 0.15) is 17.2 Å². The average molecular weight is 348 g/mol. The van der Waals surface area contributed by atoms with E-state index >= 15 is 0 Å². The van der Waals surface area contributed by atoms with E-state index in [0.29, 0.717) is 28.8 Å². The molecule has 2 aromatic heterocycles. The Labute approximate surface area is 148 Å². The Morgan fingerprint density at radius 1 is 0.731 bits per heavy atom. The lowest BCUT2D eigenvalue weighted by molar-refractivity contribution is 0.627. The molecule has 2 N–H and O–H groups in total. The van der Waals surface area contributed by atoms with Crippen LogP contribution < -0.4 is 5.73 Å². The van der Waals surface area contributed by atoms with Crippen molar-refractivity contribution < 1.29 is 8.78 Å². The molecule has 0 aliphatic carbocycles. The van der Waals surface area contributed by atoms with Crippen molar-refractivity contribution in [2.24, 2.45) is 0 Å². The summed E-state index contributed by atoms with van der Waals surface area (Å²) >= 11 is 0. The number of hydrogen-bond donors (Lipinski definition) is 1. The molecule has 0 spiro atoms. The number of nitrogens with two attached hydrogens (primary N) is 1. The van der Waals surface area contributed by atoms with Crippen molar-refractivity contribution in [1.29, 1.82) is 0 Å². The SMILES string of the molecule is Nc1nc(Cc2ccc(F)cc2)c2nc(-c3ccc(F)cc3)ccc2n1. The smallest absolute Gasteiger partial charge is 0.220 e. The molecule has 0 aliphatic heterocycles. The molecule has 4 rings (SSSR count). The Balaban J connectivity index is 1.81. The Bertz CT molecular complexity index is 1080. The van der Waals surface area contributed by atoms with Crippen LogP contribution in [0.4, 0.5) is 14.7 Å². The molecule has 0 saturated heterocycles. The predicted molar refractivity (Wildman–Crippen MR) is 96.3 cm³/mol. The summed E-state index contributed by atoms with van der Waals surface area (Å²) in [6.07, 6.45) is 0.448. The van der Waals surface area contributed by atoms with Crippen LogP contribution in [0.3, 0.4) is 0 Å². The van der Waals surface area contributed by atoms with Crippen molar-refractivity contribution in [3.63, 3.8) is 0 Å². The van der Waals surface area contributed by atoms with Crippen LogP contribution in [0.2, 0.25) is 0 Å². The Morgan fingerprint density at radius 2 is 1.38 bits per heavy atom. The zero-order chi connectivity index (χ0) is 18.1. The molecule has 0 amide bonds. The minimum atomic E-state index is -0.303. The van der Waals surface area contributed by atoms with Gasteiger partial charge in [0.25, 0.3) is 0 Å². The molecule has 0 bridgehead atoms. The van der Waals surface area contributed by atoms with Gasteiger partial charge in [-0.1, -0.05) is 12.1 Å². The number of nitrogen functional groups attached to an aromatic ring is 1. The lowest BCUT2D eigenvalue weighted by Crippen LogP contribution is -2.03. The largest absolute Gasteiger partial charge is 0.368 e. The summed E-state index contributed by atoms with van der Waals surface area (Å²) < 4.78 is 26.3. The summed E-state index contributed by atoms with van der Waals surface area (Å²) in [5, 5.41) is 0. The van der Waals surface area contributed by atoms with E-state index in [0.717, 1.165) is 11.1 Å². The number of aromatic nitrogens is 3. The predicted octanol–water partition coefficient (Wildman–Crippen LogP) is 4.14. The standard InChI is InChI=1S/C20H14F2N4/c21-14-5-1-12(2-6-14)11-18-19-17(25-20(23)26-18)10-9-16(24-19)13-3-7-15(22)8-4-13/h1-10H,11H2,(H2,23,25,26). The molecule has 128 valence electrons. The average Bonchev–Trinajstić information content (AvgIpc) is 2.64. The van der Waals surface area contributed by atoms with Crippen LogP contribution in [-0.4, -0.2) is 15.0 Å². The minimum absolute atomic E-state index is 0.158. The van der Waals surface area contributed by atoms with Crippen LogP contribution in [0.5, 0.6) is 0 Å². The fourth-order valence-electron chi connectivity index (χ4n) is 2.79. The lowest BCUT2D eigenvalue weighted by atomic mass is 10.1. The number of nitrogens with zero attached hydrogens (tertiary/aromatic N) is 3. The van der Waals surface area contributed by atoms with Crippen LogP contribution in [0.25, 0.3) is 22.3 Å². The highest BCUT2D eigenvalue weighted by Crippen LogP contribution is 2.24. The van der Waals surface area contributed by atoms with Crippen LogP contribution in [0.1, 0.15) is 11.3 Å². The maximum Gasteiger partial charge on any atom is 0.220 e. The first-order valence-corrected chi connectivity index (χ1v) is 8.02. The van der Waals surface area contributed by atoms with Crippen molar-refractivity contribution in [3.8, 4) is 11.3 Å². The molecule has 4 nitrogen and oxygen atoms in total. The van der Waals surface area contributed by atoms with E-state index in [4.69, 9.17) is 5.73 Å². The van der Waals surface area contributed by atoms with Crippen LogP contribution in [0.15, 0.2) is 60.7 Å². The molecule has 0 saturated carbocycles. The first-order chi connectivity index (χ1) is 12.6. The van der Waals surface area contributed by atoms with E-state index in [1.807, 2.05) is 12.1 Å². The number of hydrogen-bond acceptors (Lipinski definition) is 4. The van der Waals surface area contributed by atoms with Gasteiger partial charge in [-0.05, 0) is 54.1 Å². The van der Waals surface area contributed by atoms with Crippen molar-refractivity contribution in [2.45, 2.75) is 6.42 Å². The van der Waals surface area contributed by atoms with Crippen LogP contribution in [-0.2, 0) is 6.42 Å². The van der Waals surface area contributed by atoms with E-state index in [1.165, 1.54) is 24.3 Å². The third-order valence-corrected chi connectivity index (χ3v) is 4.06. The Kier molecular flexibility index (Phi) is 4.01. The van der Waals surface area contributed by atoms with E-state index in [9.17, 15) is 8.78 Å². The number of pyridine rings is 1. The van der Waals surface area contributed by atoms with Crippen molar-refractivity contribution in [2.75, 3.05) is 5.73 Å². The van der Waals surface area contributed by atoms with Gasteiger partial charge < -0.3 is 5.73 Å². The minimum Gasteiger partial charge on any atom is -0.368 e. The van der Waals surface area contributed by atoms with Gasteiger partial charge in [0.05, 0.1) is 16.9 Å². The molecule has 4 aromatic rings. The maximum atomic E-state index is 13.2. The molecule has 0 radical (unpaired) electrons.